The van der Waals surface area contributed by atoms with Gasteiger partial charge in [0, 0.05) is 5.56 Å². The first-order chi connectivity index (χ1) is 8.61. The van der Waals surface area contributed by atoms with E-state index in [2.05, 4.69) is 4.98 Å². The number of benzene rings is 1. The maximum absolute atomic E-state index is 13.7. The van der Waals surface area contributed by atoms with Gasteiger partial charge in [-0.3, -0.25) is 0 Å². The second-order valence-corrected chi connectivity index (χ2v) is 3.56. The maximum atomic E-state index is 13.7. The normalized spacial score (nSPS) is 10.1. The van der Waals surface area contributed by atoms with Crippen molar-refractivity contribution in [1.82, 2.24) is 4.98 Å². The Bertz CT molecular complexity index is 599. The van der Waals surface area contributed by atoms with Crippen LogP contribution in [0.3, 0.4) is 0 Å². The quantitative estimate of drug-likeness (QED) is 0.905. The SMILES string of the molecule is COc1ccc(F)c(-c2cccc(C(=O)O)n2)c1. The Labute approximate surface area is 103 Å². The van der Waals surface area contributed by atoms with Crippen LogP contribution in [-0.2, 0) is 0 Å². The molecule has 0 atom stereocenters. The summed E-state index contributed by atoms with van der Waals surface area (Å²) in [4.78, 5) is 14.7. The Kier molecular flexibility index (Phi) is 3.23. The summed E-state index contributed by atoms with van der Waals surface area (Å²) in [6.07, 6.45) is 0. The second kappa shape index (κ2) is 4.83. The summed E-state index contributed by atoms with van der Waals surface area (Å²) in [5.41, 5.74) is 0.332. The van der Waals surface area contributed by atoms with Crippen LogP contribution < -0.4 is 4.74 Å². The van der Waals surface area contributed by atoms with Crippen molar-refractivity contribution in [2.75, 3.05) is 7.11 Å². The number of methoxy groups -OCH3 is 1. The number of carbonyl (C=O) groups is 1. The third kappa shape index (κ3) is 2.29. The Morgan fingerprint density at radius 3 is 2.78 bits per heavy atom. The van der Waals surface area contributed by atoms with Crippen molar-refractivity contribution in [1.29, 1.82) is 0 Å². The van der Waals surface area contributed by atoms with Gasteiger partial charge in [-0.2, -0.15) is 0 Å². The van der Waals surface area contributed by atoms with Crippen LogP contribution in [0.15, 0.2) is 36.4 Å². The van der Waals surface area contributed by atoms with E-state index in [0.717, 1.165) is 0 Å². The molecule has 0 fully saturated rings. The van der Waals surface area contributed by atoms with E-state index in [-0.39, 0.29) is 17.0 Å². The number of aromatic nitrogens is 1. The first-order valence-corrected chi connectivity index (χ1v) is 5.16. The van der Waals surface area contributed by atoms with Gasteiger partial charge in [0.2, 0.25) is 0 Å². The lowest BCUT2D eigenvalue weighted by Crippen LogP contribution is -2.01. The topological polar surface area (TPSA) is 59.4 Å². The number of carboxylic acids is 1. The standard InChI is InChI=1S/C13H10FNO3/c1-18-8-5-6-10(14)9(7-8)11-3-2-4-12(15-11)13(16)17/h2-7H,1H3,(H,16,17). The van der Waals surface area contributed by atoms with Gasteiger partial charge in [0.25, 0.3) is 0 Å². The summed E-state index contributed by atoms with van der Waals surface area (Å²) in [5.74, 6) is -1.15. The van der Waals surface area contributed by atoms with E-state index in [0.29, 0.717) is 5.75 Å². The number of ether oxygens (including phenoxy) is 1. The van der Waals surface area contributed by atoms with E-state index >= 15 is 0 Å². The fourth-order valence-electron chi connectivity index (χ4n) is 1.53. The zero-order valence-electron chi connectivity index (χ0n) is 9.55. The number of rotatable bonds is 3. The van der Waals surface area contributed by atoms with Gasteiger partial charge in [-0.05, 0) is 30.3 Å². The highest BCUT2D eigenvalue weighted by Gasteiger charge is 2.11. The average Bonchev–Trinajstić information content (AvgIpc) is 2.39. The Morgan fingerprint density at radius 1 is 1.33 bits per heavy atom. The predicted molar refractivity (Wildman–Crippen MR) is 63.1 cm³/mol. The summed E-state index contributed by atoms with van der Waals surface area (Å²) < 4.78 is 18.7. The first-order valence-electron chi connectivity index (χ1n) is 5.16. The van der Waals surface area contributed by atoms with E-state index in [1.165, 1.54) is 37.4 Å². The molecule has 0 bridgehead atoms. The zero-order chi connectivity index (χ0) is 13.1. The molecule has 92 valence electrons. The predicted octanol–water partition coefficient (Wildman–Crippen LogP) is 2.59. The molecule has 1 N–H and O–H groups in total. The van der Waals surface area contributed by atoms with E-state index in [1.807, 2.05) is 0 Å². The molecule has 0 aliphatic rings. The van der Waals surface area contributed by atoms with E-state index in [1.54, 1.807) is 6.07 Å². The van der Waals surface area contributed by atoms with Gasteiger partial charge in [-0.1, -0.05) is 6.07 Å². The minimum atomic E-state index is -1.15. The molecule has 1 aromatic carbocycles. The molecule has 1 heterocycles. The van der Waals surface area contributed by atoms with Gasteiger partial charge in [0.05, 0.1) is 12.8 Å². The lowest BCUT2D eigenvalue weighted by molar-refractivity contribution is 0.0690. The van der Waals surface area contributed by atoms with Gasteiger partial charge in [-0.15, -0.1) is 0 Å². The molecule has 18 heavy (non-hydrogen) atoms. The molecule has 2 rings (SSSR count). The summed E-state index contributed by atoms with van der Waals surface area (Å²) in [5, 5.41) is 8.85. The monoisotopic (exact) mass is 247 g/mol. The minimum Gasteiger partial charge on any atom is -0.497 e. The van der Waals surface area contributed by atoms with Crippen molar-refractivity contribution in [3.63, 3.8) is 0 Å². The number of carboxylic acid groups (broad SMARTS) is 1. The van der Waals surface area contributed by atoms with Crippen LogP contribution in [0.5, 0.6) is 5.75 Å². The molecular formula is C13H10FNO3. The molecular weight excluding hydrogens is 237 g/mol. The van der Waals surface area contributed by atoms with Crippen molar-refractivity contribution in [2.24, 2.45) is 0 Å². The van der Waals surface area contributed by atoms with Gasteiger partial charge in [-0.25, -0.2) is 14.2 Å². The van der Waals surface area contributed by atoms with E-state index in [4.69, 9.17) is 9.84 Å². The average molecular weight is 247 g/mol. The number of halogens is 1. The summed E-state index contributed by atoms with van der Waals surface area (Å²) in [7, 11) is 1.47. The molecule has 0 amide bonds. The summed E-state index contributed by atoms with van der Waals surface area (Å²) >= 11 is 0. The molecule has 5 heteroatoms. The molecule has 4 nitrogen and oxygen atoms in total. The molecule has 0 saturated carbocycles. The summed E-state index contributed by atoms with van der Waals surface area (Å²) in [6, 6.07) is 8.63. The van der Waals surface area contributed by atoms with Crippen LogP contribution in [0.25, 0.3) is 11.3 Å². The van der Waals surface area contributed by atoms with Gasteiger partial charge in [0.15, 0.2) is 0 Å². The van der Waals surface area contributed by atoms with Gasteiger partial charge < -0.3 is 9.84 Å². The van der Waals surface area contributed by atoms with Crippen molar-refractivity contribution in [2.45, 2.75) is 0 Å². The minimum absolute atomic E-state index is 0.130. The number of hydrogen-bond donors (Lipinski definition) is 1. The Balaban J connectivity index is 2.54. The van der Waals surface area contributed by atoms with Crippen LogP contribution in [0, 0.1) is 5.82 Å². The highest BCUT2D eigenvalue weighted by molar-refractivity contribution is 5.86. The number of aromatic carboxylic acids is 1. The van der Waals surface area contributed by atoms with Crippen LogP contribution in [0.1, 0.15) is 10.5 Å². The molecule has 0 spiro atoms. The van der Waals surface area contributed by atoms with E-state index in [9.17, 15) is 9.18 Å². The van der Waals surface area contributed by atoms with Crippen LogP contribution >= 0.6 is 0 Å². The zero-order valence-corrected chi connectivity index (χ0v) is 9.55. The van der Waals surface area contributed by atoms with Gasteiger partial charge >= 0.3 is 5.97 Å². The summed E-state index contributed by atoms with van der Waals surface area (Å²) in [6.45, 7) is 0. The van der Waals surface area contributed by atoms with Crippen molar-refractivity contribution < 1.29 is 19.0 Å². The van der Waals surface area contributed by atoms with E-state index < -0.39 is 11.8 Å². The molecule has 0 radical (unpaired) electrons. The van der Waals surface area contributed by atoms with Crippen molar-refractivity contribution in [3.05, 3.63) is 47.9 Å². The largest absolute Gasteiger partial charge is 0.497 e. The molecule has 2 aromatic rings. The fourth-order valence-corrected chi connectivity index (χ4v) is 1.53. The first kappa shape index (κ1) is 12.0. The molecule has 0 aliphatic carbocycles. The lowest BCUT2D eigenvalue weighted by atomic mass is 10.1. The van der Waals surface area contributed by atoms with Crippen LogP contribution in [-0.4, -0.2) is 23.2 Å². The van der Waals surface area contributed by atoms with Crippen LogP contribution in [0.2, 0.25) is 0 Å². The molecule has 1 aromatic heterocycles. The lowest BCUT2D eigenvalue weighted by Gasteiger charge is -2.06. The Hall–Kier alpha value is -2.43. The third-order valence-electron chi connectivity index (χ3n) is 2.42. The van der Waals surface area contributed by atoms with Gasteiger partial charge in [0.1, 0.15) is 17.3 Å². The van der Waals surface area contributed by atoms with Crippen LogP contribution in [0.4, 0.5) is 4.39 Å². The number of pyridine rings is 1. The second-order valence-electron chi connectivity index (χ2n) is 3.56. The van der Waals surface area contributed by atoms with Crippen molar-refractivity contribution in [3.8, 4) is 17.0 Å². The highest BCUT2D eigenvalue weighted by atomic mass is 19.1. The highest BCUT2D eigenvalue weighted by Crippen LogP contribution is 2.25. The molecule has 0 saturated heterocycles. The number of hydrogen-bond acceptors (Lipinski definition) is 3. The third-order valence-corrected chi connectivity index (χ3v) is 2.42. The fraction of sp³-hybridized carbons (Fsp3) is 0.0769. The Morgan fingerprint density at radius 2 is 2.11 bits per heavy atom. The molecule has 0 aliphatic heterocycles. The number of nitrogens with zero attached hydrogens (tertiary/aromatic N) is 1. The smallest absolute Gasteiger partial charge is 0.354 e. The van der Waals surface area contributed by atoms with Crippen molar-refractivity contribution >= 4 is 5.97 Å². The maximum Gasteiger partial charge on any atom is 0.354 e. The molecule has 0 unspecified atom stereocenters.